The third-order valence-corrected chi connectivity index (χ3v) is 3.05. The lowest BCUT2D eigenvalue weighted by Gasteiger charge is -2.22. The van der Waals surface area contributed by atoms with Gasteiger partial charge in [0.2, 0.25) is 0 Å². The Bertz CT molecular complexity index is 225. The number of carbonyl (C=O) groups is 1. The van der Waals surface area contributed by atoms with E-state index >= 15 is 0 Å². The van der Waals surface area contributed by atoms with Gasteiger partial charge in [-0.1, -0.05) is 20.3 Å². The first-order valence-electron chi connectivity index (χ1n) is 7.15. The van der Waals surface area contributed by atoms with Crippen LogP contribution in [0.3, 0.4) is 0 Å². The normalized spacial score (nSPS) is 20.1. The molecule has 0 amide bonds. The molecule has 4 nitrogen and oxygen atoms in total. The molecule has 4 heteroatoms. The molecule has 106 valence electrons. The summed E-state index contributed by atoms with van der Waals surface area (Å²) in [6, 6.07) is 0.503. The fourth-order valence-electron chi connectivity index (χ4n) is 2.07. The fourth-order valence-corrected chi connectivity index (χ4v) is 2.07. The molecule has 1 saturated heterocycles. The highest BCUT2D eigenvalue weighted by atomic mass is 16.6. The van der Waals surface area contributed by atoms with Gasteiger partial charge in [-0.05, 0) is 31.7 Å². The van der Waals surface area contributed by atoms with Gasteiger partial charge in [0.1, 0.15) is 6.61 Å². The first kappa shape index (κ1) is 15.4. The Morgan fingerprint density at radius 2 is 2.17 bits per heavy atom. The van der Waals surface area contributed by atoms with E-state index < -0.39 is 0 Å². The molecule has 1 heterocycles. The molecule has 0 aromatic heterocycles. The summed E-state index contributed by atoms with van der Waals surface area (Å²) in [6.45, 7) is 6.90. The van der Waals surface area contributed by atoms with E-state index in [1.54, 1.807) is 0 Å². The minimum atomic E-state index is -0.101. The van der Waals surface area contributed by atoms with Crippen LogP contribution in [0.1, 0.15) is 46.0 Å². The van der Waals surface area contributed by atoms with Gasteiger partial charge in [-0.3, -0.25) is 4.79 Å². The molecule has 1 rings (SSSR count). The largest absolute Gasteiger partial charge is 0.463 e. The molecule has 1 aliphatic heterocycles. The van der Waals surface area contributed by atoms with E-state index in [1.165, 1.54) is 19.3 Å². The second kappa shape index (κ2) is 9.34. The maximum atomic E-state index is 11.5. The summed E-state index contributed by atoms with van der Waals surface area (Å²) in [4.78, 5) is 11.5. The molecule has 0 saturated carbocycles. The smallest absolute Gasteiger partial charge is 0.305 e. The maximum absolute atomic E-state index is 11.5. The minimum absolute atomic E-state index is 0.101. The predicted molar refractivity (Wildman–Crippen MR) is 71.5 cm³/mol. The number of hydrogen-bond acceptors (Lipinski definition) is 4. The Kier molecular flexibility index (Phi) is 8.01. The summed E-state index contributed by atoms with van der Waals surface area (Å²) in [5, 5.41) is 3.43. The first-order chi connectivity index (χ1) is 8.68. The lowest BCUT2D eigenvalue weighted by Crippen LogP contribution is -2.34. The number of carbonyl (C=O) groups excluding carboxylic acids is 1. The second-order valence-corrected chi connectivity index (χ2v) is 5.37. The average molecular weight is 257 g/mol. The van der Waals surface area contributed by atoms with Crippen molar-refractivity contribution in [1.29, 1.82) is 0 Å². The van der Waals surface area contributed by atoms with E-state index in [4.69, 9.17) is 9.47 Å². The number of esters is 1. The molecule has 18 heavy (non-hydrogen) atoms. The van der Waals surface area contributed by atoms with E-state index in [9.17, 15) is 4.79 Å². The minimum Gasteiger partial charge on any atom is -0.463 e. The van der Waals surface area contributed by atoms with Gasteiger partial charge < -0.3 is 14.8 Å². The summed E-state index contributed by atoms with van der Waals surface area (Å²) in [6.07, 6.45) is 5.13. The maximum Gasteiger partial charge on any atom is 0.305 e. The fraction of sp³-hybridized carbons (Fsp3) is 0.929. The van der Waals surface area contributed by atoms with Crippen LogP contribution in [0, 0.1) is 5.92 Å². The zero-order chi connectivity index (χ0) is 13.2. The predicted octanol–water partition coefficient (Wildman–Crippen LogP) is 2.12. The second-order valence-electron chi connectivity index (χ2n) is 5.37. The number of piperidine rings is 1. The molecule has 1 aliphatic rings. The Labute approximate surface area is 110 Å². The van der Waals surface area contributed by atoms with Crippen molar-refractivity contribution in [2.45, 2.75) is 52.0 Å². The number of ether oxygens (including phenoxy) is 2. The van der Waals surface area contributed by atoms with E-state index in [-0.39, 0.29) is 5.97 Å². The van der Waals surface area contributed by atoms with Crippen LogP contribution in [0.2, 0.25) is 0 Å². The van der Waals surface area contributed by atoms with Crippen molar-refractivity contribution in [1.82, 2.24) is 5.32 Å². The molecule has 0 bridgehead atoms. The summed E-state index contributed by atoms with van der Waals surface area (Å²) >= 11 is 0. The average Bonchev–Trinajstić information content (AvgIpc) is 2.37. The van der Waals surface area contributed by atoms with Crippen LogP contribution in [-0.2, 0) is 14.3 Å². The first-order valence-corrected chi connectivity index (χ1v) is 7.15. The van der Waals surface area contributed by atoms with Crippen LogP contribution >= 0.6 is 0 Å². The summed E-state index contributed by atoms with van der Waals surface area (Å²) < 4.78 is 10.5. The van der Waals surface area contributed by atoms with Gasteiger partial charge in [-0.15, -0.1) is 0 Å². The SMILES string of the molecule is CC(C)COCCOC(=O)CCC1CCCCN1. The van der Waals surface area contributed by atoms with Crippen molar-refractivity contribution in [2.24, 2.45) is 5.92 Å². The van der Waals surface area contributed by atoms with Crippen molar-refractivity contribution in [3.05, 3.63) is 0 Å². The standard InChI is InChI=1S/C14H27NO3/c1-12(2)11-17-9-10-18-14(16)7-6-13-5-3-4-8-15-13/h12-13,15H,3-11H2,1-2H3. The molecular weight excluding hydrogens is 230 g/mol. The molecule has 1 atom stereocenters. The molecule has 1 N–H and O–H groups in total. The van der Waals surface area contributed by atoms with E-state index in [1.807, 2.05) is 0 Å². The van der Waals surface area contributed by atoms with Gasteiger partial charge in [0.25, 0.3) is 0 Å². The number of nitrogens with one attached hydrogen (secondary N) is 1. The van der Waals surface area contributed by atoms with Crippen molar-refractivity contribution in [3.63, 3.8) is 0 Å². The molecule has 1 unspecified atom stereocenters. The summed E-state index contributed by atoms with van der Waals surface area (Å²) in [7, 11) is 0. The van der Waals surface area contributed by atoms with Crippen LogP contribution < -0.4 is 5.32 Å². The van der Waals surface area contributed by atoms with Gasteiger partial charge in [0, 0.05) is 19.1 Å². The summed E-state index contributed by atoms with van der Waals surface area (Å²) in [5.74, 6) is 0.425. The van der Waals surface area contributed by atoms with Gasteiger partial charge in [0.05, 0.1) is 6.61 Å². The molecule has 0 aromatic rings. The molecule has 0 aromatic carbocycles. The Morgan fingerprint density at radius 1 is 1.33 bits per heavy atom. The topological polar surface area (TPSA) is 47.6 Å². The molecule has 0 spiro atoms. The Balaban J connectivity index is 1.93. The summed E-state index contributed by atoms with van der Waals surface area (Å²) in [5.41, 5.74) is 0. The highest BCUT2D eigenvalue weighted by Crippen LogP contribution is 2.11. The van der Waals surface area contributed by atoms with E-state index in [2.05, 4.69) is 19.2 Å². The molecule has 0 radical (unpaired) electrons. The number of rotatable bonds is 8. The zero-order valence-corrected chi connectivity index (χ0v) is 11.7. The molecular formula is C14H27NO3. The highest BCUT2D eigenvalue weighted by Gasteiger charge is 2.14. The highest BCUT2D eigenvalue weighted by molar-refractivity contribution is 5.69. The van der Waals surface area contributed by atoms with Crippen molar-refractivity contribution >= 4 is 5.97 Å². The third kappa shape index (κ3) is 7.67. The van der Waals surface area contributed by atoms with Crippen LogP contribution in [0.15, 0.2) is 0 Å². The van der Waals surface area contributed by atoms with Crippen LogP contribution in [0.25, 0.3) is 0 Å². The van der Waals surface area contributed by atoms with Gasteiger partial charge in [0.15, 0.2) is 0 Å². The van der Waals surface area contributed by atoms with Crippen molar-refractivity contribution in [2.75, 3.05) is 26.4 Å². The van der Waals surface area contributed by atoms with E-state index in [0.717, 1.165) is 19.6 Å². The van der Waals surface area contributed by atoms with Gasteiger partial charge >= 0.3 is 5.97 Å². The van der Waals surface area contributed by atoms with Crippen molar-refractivity contribution < 1.29 is 14.3 Å². The van der Waals surface area contributed by atoms with Gasteiger partial charge in [-0.2, -0.15) is 0 Å². The third-order valence-electron chi connectivity index (χ3n) is 3.05. The van der Waals surface area contributed by atoms with Crippen molar-refractivity contribution in [3.8, 4) is 0 Å². The lowest BCUT2D eigenvalue weighted by molar-refractivity contribution is -0.145. The lowest BCUT2D eigenvalue weighted by atomic mass is 10.0. The van der Waals surface area contributed by atoms with E-state index in [0.29, 0.717) is 31.6 Å². The Hall–Kier alpha value is -0.610. The zero-order valence-electron chi connectivity index (χ0n) is 11.7. The number of hydrogen-bond donors (Lipinski definition) is 1. The molecule has 0 aliphatic carbocycles. The van der Waals surface area contributed by atoms with Crippen LogP contribution in [-0.4, -0.2) is 38.4 Å². The van der Waals surface area contributed by atoms with Crippen LogP contribution in [0.4, 0.5) is 0 Å². The van der Waals surface area contributed by atoms with Crippen LogP contribution in [0.5, 0.6) is 0 Å². The molecule has 1 fully saturated rings. The Morgan fingerprint density at radius 3 is 2.83 bits per heavy atom. The quantitative estimate of drug-likeness (QED) is 0.534. The monoisotopic (exact) mass is 257 g/mol. The van der Waals surface area contributed by atoms with Gasteiger partial charge in [-0.25, -0.2) is 0 Å².